The van der Waals surface area contributed by atoms with Crippen LogP contribution in [-0.2, 0) is 35.9 Å². The van der Waals surface area contributed by atoms with E-state index >= 15 is 0 Å². The molecule has 0 radical (unpaired) electrons. The number of anilines is 1. The van der Waals surface area contributed by atoms with Crippen molar-refractivity contribution >= 4 is 17.5 Å². The van der Waals surface area contributed by atoms with Crippen LogP contribution in [0, 0.1) is 5.41 Å². The van der Waals surface area contributed by atoms with Crippen molar-refractivity contribution in [3.63, 3.8) is 0 Å². The SMILES string of the molecule is CC(C)OCCC(C)(C)n1nnc2c1-c1ccccc1CN(C(=O)CCC(=O)NCCOCCOCCC(C)(C)C)c1ccccc1-2. The van der Waals surface area contributed by atoms with E-state index in [2.05, 4.69) is 51.2 Å². The van der Waals surface area contributed by atoms with Crippen LogP contribution in [0.25, 0.3) is 22.5 Å². The molecule has 0 aliphatic carbocycles. The Labute approximate surface area is 280 Å². The molecule has 1 aliphatic rings. The molecular formula is C37H53N5O5. The number of fused-ring (bicyclic) bond motifs is 5. The summed E-state index contributed by atoms with van der Waals surface area (Å²) in [6.45, 7) is 18.4. The van der Waals surface area contributed by atoms with E-state index in [1.807, 2.05) is 61.0 Å². The predicted octanol–water partition coefficient (Wildman–Crippen LogP) is 6.37. The van der Waals surface area contributed by atoms with Crippen molar-refractivity contribution in [2.24, 2.45) is 5.41 Å². The third-order valence-corrected chi connectivity index (χ3v) is 8.26. The second-order valence-electron chi connectivity index (χ2n) is 14.2. The second-order valence-corrected chi connectivity index (χ2v) is 14.2. The number of para-hydroxylation sites is 1. The number of carbonyl (C=O) groups is 2. The Kier molecular flexibility index (Phi) is 12.7. The van der Waals surface area contributed by atoms with Gasteiger partial charge in [0, 0.05) is 43.7 Å². The minimum atomic E-state index is -0.371. The third kappa shape index (κ3) is 10.2. The summed E-state index contributed by atoms with van der Waals surface area (Å²) in [7, 11) is 0. The van der Waals surface area contributed by atoms with Crippen LogP contribution >= 0.6 is 0 Å². The lowest BCUT2D eigenvalue weighted by Gasteiger charge is -2.31. The van der Waals surface area contributed by atoms with Crippen LogP contribution in [-0.4, -0.2) is 72.5 Å². The Balaban J connectivity index is 1.42. The molecule has 0 bridgehead atoms. The van der Waals surface area contributed by atoms with Crippen LogP contribution < -0.4 is 10.2 Å². The molecule has 1 N–H and O–H groups in total. The van der Waals surface area contributed by atoms with Gasteiger partial charge >= 0.3 is 0 Å². The van der Waals surface area contributed by atoms with Gasteiger partial charge in [-0.05, 0) is 57.6 Å². The Bertz CT molecular complexity index is 1480. The standard InChI is InChI=1S/C37H53N5O5/c1-27(2)47-22-19-37(6,7)42-35-29-13-9-8-12-28(29)26-41(31-15-11-10-14-30(31)34(35)39-40-42)33(44)17-16-32(43)38-20-23-46-25-24-45-21-18-36(3,4)5/h8-15,27H,16-26H2,1-7H3,(H,38,43). The third-order valence-electron chi connectivity index (χ3n) is 8.26. The van der Waals surface area contributed by atoms with Gasteiger partial charge in [-0.3, -0.25) is 9.59 Å². The topological polar surface area (TPSA) is 108 Å². The average molecular weight is 648 g/mol. The molecule has 0 unspecified atom stereocenters. The summed E-state index contributed by atoms with van der Waals surface area (Å²) in [6, 6.07) is 15.9. The van der Waals surface area contributed by atoms with Crippen molar-refractivity contribution in [1.29, 1.82) is 0 Å². The van der Waals surface area contributed by atoms with Crippen LogP contribution in [0.2, 0.25) is 0 Å². The maximum absolute atomic E-state index is 13.8. The fourth-order valence-corrected chi connectivity index (χ4v) is 5.46. The Morgan fingerprint density at radius 1 is 0.851 bits per heavy atom. The normalized spacial score (nSPS) is 13.1. The zero-order valence-corrected chi connectivity index (χ0v) is 29.3. The lowest BCUT2D eigenvalue weighted by atomic mass is 9.93. The van der Waals surface area contributed by atoms with Crippen molar-refractivity contribution in [1.82, 2.24) is 20.3 Å². The van der Waals surface area contributed by atoms with Gasteiger partial charge in [0.15, 0.2) is 0 Å². The highest BCUT2D eigenvalue weighted by molar-refractivity contribution is 6.01. The van der Waals surface area contributed by atoms with E-state index in [1.165, 1.54) is 0 Å². The summed E-state index contributed by atoms with van der Waals surface area (Å²) in [5.41, 5.74) is 5.07. The summed E-state index contributed by atoms with van der Waals surface area (Å²) in [6.07, 6.45) is 2.07. The molecule has 4 rings (SSSR count). The zero-order chi connectivity index (χ0) is 34.0. The molecule has 0 fully saturated rings. The number of carbonyl (C=O) groups excluding carboxylic acids is 2. The van der Waals surface area contributed by atoms with Crippen LogP contribution in [0.5, 0.6) is 0 Å². The number of rotatable bonds is 16. The van der Waals surface area contributed by atoms with Gasteiger partial charge < -0.3 is 24.4 Å². The quantitative estimate of drug-likeness (QED) is 0.180. The van der Waals surface area contributed by atoms with E-state index in [1.54, 1.807) is 4.90 Å². The number of nitrogens with one attached hydrogen (secondary N) is 1. The van der Waals surface area contributed by atoms with E-state index in [4.69, 9.17) is 19.3 Å². The molecule has 0 saturated carbocycles. The highest BCUT2D eigenvalue weighted by Gasteiger charge is 2.33. The second kappa shape index (κ2) is 16.5. The van der Waals surface area contributed by atoms with Crippen LogP contribution in [0.15, 0.2) is 48.5 Å². The first kappa shape index (κ1) is 36.2. The van der Waals surface area contributed by atoms with Crippen molar-refractivity contribution in [2.75, 3.05) is 44.5 Å². The van der Waals surface area contributed by atoms with Gasteiger partial charge in [0.2, 0.25) is 11.8 Å². The summed E-state index contributed by atoms with van der Waals surface area (Å²) in [4.78, 5) is 28.2. The van der Waals surface area contributed by atoms with E-state index in [-0.39, 0.29) is 41.7 Å². The monoisotopic (exact) mass is 647 g/mol. The lowest BCUT2D eigenvalue weighted by molar-refractivity contribution is -0.125. The largest absolute Gasteiger partial charge is 0.379 e. The molecule has 47 heavy (non-hydrogen) atoms. The molecular weight excluding hydrogens is 594 g/mol. The molecule has 256 valence electrons. The molecule has 2 amide bonds. The van der Waals surface area contributed by atoms with Gasteiger partial charge in [-0.25, -0.2) is 4.68 Å². The molecule has 0 saturated heterocycles. The van der Waals surface area contributed by atoms with Gasteiger partial charge in [-0.1, -0.05) is 68.4 Å². The van der Waals surface area contributed by atoms with Crippen molar-refractivity contribution < 1.29 is 23.8 Å². The first-order chi connectivity index (χ1) is 22.4. The van der Waals surface area contributed by atoms with E-state index < -0.39 is 0 Å². The Hall–Kier alpha value is -3.60. The molecule has 3 aromatic rings. The first-order valence-corrected chi connectivity index (χ1v) is 16.9. The highest BCUT2D eigenvalue weighted by atomic mass is 16.5. The number of nitrogens with zero attached hydrogens (tertiary/aromatic N) is 4. The maximum Gasteiger partial charge on any atom is 0.227 e. The average Bonchev–Trinajstić information content (AvgIpc) is 3.46. The van der Waals surface area contributed by atoms with Gasteiger partial charge in [-0.15, -0.1) is 5.10 Å². The number of benzene rings is 2. The highest BCUT2D eigenvalue weighted by Crippen LogP contribution is 2.43. The predicted molar refractivity (Wildman–Crippen MR) is 185 cm³/mol. The molecule has 0 atom stereocenters. The van der Waals surface area contributed by atoms with Crippen molar-refractivity contribution in [3.8, 4) is 22.5 Å². The smallest absolute Gasteiger partial charge is 0.227 e. The molecule has 1 aliphatic heterocycles. The first-order valence-electron chi connectivity index (χ1n) is 16.9. The van der Waals surface area contributed by atoms with Gasteiger partial charge in [0.05, 0.1) is 49.4 Å². The zero-order valence-electron chi connectivity index (χ0n) is 29.3. The summed E-state index contributed by atoms with van der Waals surface area (Å²) >= 11 is 0. The minimum Gasteiger partial charge on any atom is -0.379 e. The van der Waals surface area contributed by atoms with Crippen molar-refractivity contribution in [2.45, 2.75) is 92.3 Å². The molecule has 2 aromatic carbocycles. The fraction of sp³-hybridized carbons (Fsp3) is 0.568. The summed E-state index contributed by atoms with van der Waals surface area (Å²) in [5, 5.41) is 12.3. The maximum atomic E-state index is 13.8. The van der Waals surface area contributed by atoms with E-state index in [0.29, 0.717) is 46.1 Å². The van der Waals surface area contributed by atoms with Crippen LogP contribution in [0.1, 0.15) is 79.7 Å². The summed E-state index contributed by atoms with van der Waals surface area (Å²) < 4.78 is 19.1. The summed E-state index contributed by atoms with van der Waals surface area (Å²) in [5.74, 6) is -0.314. The van der Waals surface area contributed by atoms with Gasteiger partial charge in [0.25, 0.3) is 0 Å². The Morgan fingerprint density at radius 2 is 1.53 bits per heavy atom. The Morgan fingerprint density at radius 3 is 2.26 bits per heavy atom. The fourth-order valence-electron chi connectivity index (χ4n) is 5.46. The molecule has 10 nitrogen and oxygen atoms in total. The van der Waals surface area contributed by atoms with Gasteiger partial charge in [-0.2, -0.15) is 0 Å². The number of aromatic nitrogens is 3. The van der Waals surface area contributed by atoms with Crippen molar-refractivity contribution in [3.05, 3.63) is 54.1 Å². The number of ether oxygens (including phenoxy) is 3. The number of hydrogen-bond acceptors (Lipinski definition) is 7. The lowest BCUT2D eigenvalue weighted by Crippen LogP contribution is -2.34. The van der Waals surface area contributed by atoms with Crippen LogP contribution in [0.4, 0.5) is 5.69 Å². The van der Waals surface area contributed by atoms with Gasteiger partial charge in [0.1, 0.15) is 5.69 Å². The van der Waals surface area contributed by atoms with Crippen LogP contribution in [0.3, 0.4) is 0 Å². The molecule has 0 spiro atoms. The number of amides is 2. The number of hydrogen-bond donors (Lipinski definition) is 1. The molecule has 10 heteroatoms. The molecule has 1 aromatic heterocycles. The van der Waals surface area contributed by atoms with E-state index in [0.717, 1.165) is 46.6 Å². The minimum absolute atomic E-state index is 0.0766. The van der Waals surface area contributed by atoms with E-state index in [9.17, 15) is 9.59 Å². The molecule has 2 heterocycles.